The maximum absolute atomic E-state index is 13.0. The van der Waals surface area contributed by atoms with Gasteiger partial charge in [0, 0.05) is 44.2 Å². The van der Waals surface area contributed by atoms with Crippen molar-refractivity contribution < 1.29 is 14.7 Å². The van der Waals surface area contributed by atoms with E-state index in [1.54, 1.807) is 7.05 Å². The summed E-state index contributed by atoms with van der Waals surface area (Å²) in [6, 6.07) is 10.6. The fourth-order valence-corrected chi connectivity index (χ4v) is 5.03. The molecule has 1 saturated heterocycles. The quantitative estimate of drug-likeness (QED) is 0.734. The van der Waals surface area contributed by atoms with Crippen molar-refractivity contribution in [3.8, 4) is 0 Å². The summed E-state index contributed by atoms with van der Waals surface area (Å²) in [4.78, 5) is 28.0. The molecule has 1 saturated carbocycles. The van der Waals surface area contributed by atoms with Crippen molar-refractivity contribution in [2.75, 3.05) is 20.1 Å². The van der Waals surface area contributed by atoms with Crippen LogP contribution in [0.3, 0.4) is 0 Å². The Labute approximate surface area is 174 Å². The van der Waals surface area contributed by atoms with Gasteiger partial charge in [-0.1, -0.05) is 44.2 Å². The average Bonchev–Trinajstić information content (AvgIpc) is 3.22. The van der Waals surface area contributed by atoms with Gasteiger partial charge in [0.1, 0.15) is 0 Å². The molecule has 2 N–H and O–H groups in total. The van der Waals surface area contributed by atoms with Gasteiger partial charge < -0.3 is 15.3 Å². The fraction of sp³-hybridized carbons (Fsp3) is 0.652. The molecular formula is C23H35N3O3. The summed E-state index contributed by atoms with van der Waals surface area (Å²) in [6.45, 7) is 8.79. The van der Waals surface area contributed by atoms with E-state index in [1.165, 1.54) is 16.9 Å². The number of rotatable bonds is 7. The maximum Gasteiger partial charge on any atom is 0.407 e. The molecule has 0 aromatic heterocycles. The summed E-state index contributed by atoms with van der Waals surface area (Å²) in [5.41, 5.74) is 0.731. The molecule has 160 valence electrons. The highest BCUT2D eigenvalue weighted by molar-refractivity contribution is 5.82. The third kappa shape index (κ3) is 5.10. The van der Waals surface area contributed by atoms with Crippen molar-refractivity contribution in [2.45, 2.75) is 58.7 Å². The first-order valence-corrected chi connectivity index (χ1v) is 10.7. The second-order valence-corrected chi connectivity index (χ2v) is 9.59. The van der Waals surface area contributed by atoms with E-state index in [1.807, 2.05) is 26.8 Å². The number of carbonyl (C=O) groups is 2. The van der Waals surface area contributed by atoms with Crippen LogP contribution in [0, 0.1) is 17.3 Å². The molecule has 2 aliphatic rings. The van der Waals surface area contributed by atoms with Crippen LogP contribution >= 0.6 is 0 Å². The van der Waals surface area contributed by atoms with Crippen LogP contribution in [0.4, 0.5) is 4.79 Å². The van der Waals surface area contributed by atoms with E-state index in [-0.39, 0.29) is 18.0 Å². The standard InChI is InChI=1S/C23H35N3O3/c1-16(25(4)22(28)29)12-23(2,3)21(27)24-20-11-10-18-14-26(15-19(18)20)13-17-8-6-5-7-9-17/h5-9,16,18-20H,10-15H2,1-4H3,(H,24,27)(H,28,29)/t16-,18-,19+,20+/m0/s1. The molecule has 6 heteroatoms. The Bertz CT molecular complexity index is 721. The molecular weight excluding hydrogens is 366 g/mol. The Morgan fingerprint density at radius 2 is 1.93 bits per heavy atom. The Kier molecular flexibility index (Phi) is 6.52. The third-order valence-corrected chi connectivity index (χ3v) is 6.88. The summed E-state index contributed by atoms with van der Waals surface area (Å²) in [5.74, 6) is 1.21. The molecule has 4 atom stereocenters. The van der Waals surface area contributed by atoms with Crippen LogP contribution in [0.25, 0.3) is 0 Å². The normalized spacial score (nSPS) is 25.4. The van der Waals surface area contributed by atoms with Gasteiger partial charge in [0.05, 0.1) is 0 Å². The van der Waals surface area contributed by atoms with Crippen LogP contribution in [-0.4, -0.2) is 59.1 Å². The molecule has 0 bridgehead atoms. The molecule has 0 unspecified atom stereocenters. The zero-order chi connectivity index (χ0) is 21.2. The topological polar surface area (TPSA) is 72.9 Å². The number of hydrogen-bond donors (Lipinski definition) is 2. The van der Waals surface area contributed by atoms with E-state index in [2.05, 4.69) is 34.5 Å². The molecule has 1 aromatic rings. The Hall–Kier alpha value is -2.08. The predicted molar refractivity (Wildman–Crippen MR) is 114 cm³/mol. The number of nitrogens with one attached hydrogen (secondary N) is 1. The Morgan fingerprint density at radius 1 is 1.24 bits per heavy atom. The molecule has 1 heterocycles. The summed E-state index contributed by atoms with van der Waals surface area (Å²) in [6.07, 6.45) is 1.75. The van der Waals surface area contributed by atoms with Gasteiger partial charge in [-0.25, -0.2) is 4.79 Å². The van der Waals surface area contributed by atoms with Crippen molar-refractivity contribution in [1.82, 2.24) is 15.1 Å². The minimum Gasteiger partial charge on any atom is -0.465 e. The zero-order valence-electron chi connectivity index (χ0n) is 18.1. The van der Waals surface area contributed by atoms with E-state index in [0.29, 0.717) is 18.3 Å². The lowest BCUT2D eigenvalue weighted by molar-refractivity contribution is -0.131. The van der Waals surface area contributed by atoms with Crippen molar-refractivity contribution in [1.29, 1.82) is 0 Å². The smallest absolute Gasteiger partial charge is 0.407 e. The summed E-state index contributed by atoms with van der Waals surface area (Å²) >= 11 is 0. The van der Waals surface area contributed by atoms with Crippen LogP contribution in [0.1, 0.15) is 45.6 Å². The van der Waals surface area contributed by atoms with E-state index in [0.717, 1.165) is 26.1 Å². The van der Waals surface area contributed by atoms with Gasteiger partial charge in [0.15, 0.2) is 0 Å². The molecule has 1 aromatic carbocycles. The van der Waals surface area contributed by atoms with Crippen molar-refractivity contribution in [2.24, 2.45) is 17.3 Å². The fourth-order valence-electron chi connectivity index (χ4n) is 5.03. The minimum absolute atomic E-state index is 0.0373. The highest BCUT2D eigenvalue weighted by atomic mass is 16.4. The third-order valence-electron chi connectivity index (χ3n) is 6.88. The molecule has 0 radical (unpaired) electrons. The van der Waals surface area contributed by atoms with Crippen molar-refractivity contribution in [3.63, 3.8) is 0 Å². The second kappa shape index (κ2) is 8.74. The largest absolute Gasteiger partial charge is 0.465 e. The monoisotopic (exact) mass is 401 g/mol. The van der Waals surface area contributed by atoms with Crippen molar-refractivity contribution >= 4 is 12.0 Å². The van der Waals surface area contributed by atoms with Crippen LogP contribution in [0.5, 0.6) is 0 Å². The molecule has 3 rings (SSSR count). The number of nitrogens with zero attached hydrogens (tertiary/aromatic N) is 2. The number of benzene rings is 1. The SMILES string of the molecule is C[C@@H](CC(C)(C)C(=O)N[C@@H]1CC[C@H]2CN(Cc3ccccc3)C[C@H]21)N(C)C(=O)O. The van der Waals surface area contributed by atoms with Crippen molar-refractivity contribution in [3.05, 3.63) is 35.9 Å². The molecule has 1 aliphatic heterocycles. The highest BCUT2D eigenvalue weighted by Gasteiger charge is 2.44. The Balaban J connectivity index is 1.55. The first-order chi connectivity index (χ1) is 13.7. The molecule has 6 nitrogen and oxygen atoms in total. The van der Waals surface area contributed by atoms with Crippen LogP contribution in [0.2, 0.25) is 0 Å². The average molecular weight is 402 g/mol. The first-order valence-electron chi connectivity index (χ1n) is 10.7. The number of likely N-dealkylation sites (tertiary alicyclic amines) is 1. The predicted octanol–water partition coefficient (Wildman–Crippen LogP) is 3.43. The van der Waals surface area contributed by atoms with E-state index in [4.69, 9.17) is 0 Å². The molecule has 1 aliphatic carbocycles. The lowest BCUT2D eigenvalue weighted by Gasteiger charge is -2.32. The summed E-state index contributed by atoms with van der Waals surface area (Å²) in [7, 11) is 1.56. The molecule has 0 spiro atoms. The van der Waals surface area contributed by atoms with Gasteiger partial charge in [-0.3, -0.25) is 9.69 Å². The number of carboxylic acid groups (broad SMARTS) is 1. The summed E-state index contributed by atoms with van der Waals surface area (Å²) in [5, 5.41) is 12.5. The van der Waals surface area contributed by atoms with Crippen LogP contribution in [0.15, 0.2) is 30.3 Å². The molecule has 2 amide bonds. The van der Waals surface area contributed by atoms with Crippen LogP contribution < -0.4 is 5.32 Å². The van der Waals surface area contributed by atoms with E-state index < -0.39 is 11.5 Å². The lowest BCUT2D eigenvalue weighted by Crippen LogP contribution is -2.48. The first kappa shape index (κ1) is 21.6. The number of amides is 2. The van der Waals surface area contributed by atoms with E-state index in [9.17, 15) is 14.7 Å². The van der Waals surface area contributed by atoms with Crippen LogP contribution in [-0.2, 0) is 11.3 Å². The lowest BCUT2D eigenvalue weighted by atomic mass is 9.84. The molecule has 29 heavy (non-hydrogen) atoms. The molecule has 2 fully saturated rings. The summed E-state index contributed by atoms with van der Waals surface area (Å²) < 4.78 is 0. The number of fused-ring (bicyclic) bond motifs is 1. The van der Waals surface area contributed by atoms with Gasteiger partial charge in [-0.05, 0) is 43.6 Å². The minimum atomic E-state index is -0.961. The van der Waals surface area contributed by atoms with E-state index >= 15 is 0 Å². The maximum atomic E-state index is 13.0. The van der Waals surface area contributed by atoms with Gasteiger partial charge in [0.25, 0.3) is 0 Å². The second-order valence-electron chi connectivity index (χ2n) is 9.59. The Morgan fingerprint density at radius 3 is 2.59 bits per heavy atom. The zero-order valence-corrected chi connectivity index (χ0v) is 18.1. The van der Waals surface area contributed by atoms with Gasteiger partial charge in [0.2, 0.25) is 5.91 Å². The van der Waals surface area contributed by atoms with Gasteiger partial charge in [-0.15, -0.1) is 0 Å². The van der Waals surface area contributed by atoms with Gasteiger partial charge in [-0.2, -0.15) is 0 Å². The van der Waals surface area contributed by atoms with Gasteiger partial charge >= 0.3 is 6.09 Å². The highest BCUT2D eigenvalue weighted by Crippen LogP contribution is 2.39. The number of hydrogen-bond acceptors (Lipinski definition) is 3. The number of carbonyl (C=O) groups excluding carboxylic acids is 1.